The quantitative estimate of drug-likeness (QED) is 0.835. The second-order valence-corrected chi connectivity index (χ2v) is 7.67. The lowest BCUT2D eigenvalue weighted by Crippen LogP contribution is -2.33. The molecule has 0 aliphatic carbocycles. The summed E-state index contributed by atoms with van der Waals surface area (Å²) in [6.45, 7) is 1.29. The third kappa shape index (κ3) is 3.70. The van der Waals surface area contributed by atoms with E-state index in [0.717, 1.165) is 24.3 Å². The number of rotatable bonds is 5. The number of hydrogen-bond acceptors (Lipinski definition) is 5. The summed E-state index contributed by atoms with van der Waals surface area (Å²) in [6, 6.07) is 7.65. The van der Waals surface area contributed by atoms with E-state index in [4.69, 9.17) is 0 Å². The van der Waals surface area contributed by atoms with Crippen molar-refractivity contribution in [2.24, 2.45) is 0 Å². The molecule has 0 saturated heterocycles. The molecule has 0 aliphatic heterocycles. The van der Waals surface area contributed by atoms with Crippen LogP contribution in [-0.4, -0.2) is 38.7 Å². The molecule has 1 heterocycles. The molecular weight excluding hydrogens is 333 g/mol. The Bertz CT molecular complexity index is 836. The summed E-state index contributed by atoms with van der Waals surface area (Å²) in [4.78, 5) is 18.1. The van der Waals surface area contributed by atoms with Crippen LogP contribution in [0.4, 0.5) is 15.9 Å². The van der Waals surface area contributed by atoms with E-state index in [1.807, 2.05) is 0 Å². The fourth-order valence-corrected chi connectivity index (χ4v) is 3.32. The number of amides is 1. The molecule has 128 valence electrons. The summed E-state index contributed by atoms with van der Waals surface area (Å²) >= 11 is 0. The number of carbonyl (C=O) groups is 1. The van der Waals surface area contributed by atoms with Crippen LogP contribution in [0.2, 0.25) is 0 Å². The molecule has 24 heavy (non-hydrogen) atoms. The molecule has 0 fully saturated rings. The average molecular weight is 351 g/mol. The van der Waals surface area contributed by atoms with Crippen LogP contribution in [0, 0.1) is 5.82 Å². The van der Waals surface area contributed by atoms with Crippen molar-refractivity contribution in [3.8, 4) is 0 Å². The highest BCUT2D eigenvalue weighted by Gasteiger charge is 2.30. The molecule has 6 nitrogen and oxygen atoms in total. The van der Waals surface area contributed by atoms with Crippen LogP contribution in [0.25, 0.3) is 0 Å². The van der Waals surface area contributed by atoms with Gasteiger partial charge in [0.25, 0.3) is 0 Å². The van der Waals surface area contributed by atoms with Gasteiger partial charge in [-0.1, -0.05) is 0 Å². The summed E-state index contributed by atoms with van der Waals surface area (Å²) < 4.78 is 37.9. The van der Waals surface area contributed by atoms with Gasteiger partial charge in [-0.05, 0) is 43.3 Å². The Morgan fingerprint density at radius 2 is 1.83 bits per heavy atom. The second kappa shape index (κ2) is 6.96. The van der Waals surface area contributed by atoms with E-state index in [9.17, 15) is 17.6 Å². The lowest BCUT2D eigenvalue weighted by Gasteiger charge is -2.18. The van der Waals surface area contributed by atoms with Gasteiger partial charge in [0.15, 0.2) is 15.7 Å². The van der Waals surface area contributed by atoms with Gasteiger partial charge in [0.05, 0.1) is 10.6 Å². The average Bonchev–Trinajstić information content (AvgIpc) is 2.54. The third-order valence-corrected chi connectivity index (χ3v) is 5.52. The van der Waals surface area contributed by atoms with Crippen molar-refractivity contribution < 1.29 is 17.6 Å². The van der Waals surface area contributed by atoms with Gasteiger partial charge < -0.3 is 10.2 Å². The normalized spacial score (nSPS) is 12.5. The topological polar surface area (TPSA) is 79.4 Å². The molecule has 0 saturated carbocycles. The SMILES string of the molecule is CC(C(=O)Nc1cccnc1N(C)C)S(=O)(=O)c1ccc(F)cc1. The summed E-state index contributed by atoms with van der Waals surface area (Å²) in [7, 11) is -0.400. The predicted molar refractivity (Wildman–Crippen MR) is 90.2 cm³/mol. The highest BCUT2D eigenvalue weighted by atomic mass is 32.2. The Labute approximate surface area is 140 Å². The lowest BCUT2D eigenvalue weighted by molar-refractivity contribution is -0.115. The zero-order valence-corrected chi connectivity index (χ0v) is 14.3. The smallest absolute Gasteiger partial charge is 0.242 e. The van der Waals surface area contributed by atoms with Crippen molar-refractivity contribution in [2.75, 3.05) is 24.3 Å². The number of carbonyl (C=O) groups excluding carboxylic acids is 1. The van der Waals surface area contributed by atoms with Crippen molar-refractivity contribution in [3.05, 3.63) is 48.4 Å². The van der Waals surface area contributed by atoms with Crippen LogP contribution >= 0.6 is 0 Å². The fourth-order valence-electron chi connectivity index (χ4n) is 2.05. The number of pyridine rings is 1. The number of hydrogen-bond donors (Lipinski definition) is 1. The van der Waals surface area contributed by atoms with Gasteiger partial charge in [0.1, 0.15) is 11.1 Å². The fraction of sp³-hybridized carbons (Fsp3) is 0.250. The van der Waals surface area contributed by atoms with Crippen LogP contribution in [0.3, 0.4) is 0 Å². The molecule has 0 radical (unpaired) electrons. The number of nitrogens with zero attached hydrogens (tertiary/aromatic N) is 2. The third-order valence-electron chi connectivity index (χ3n) is 3.45. The highest BCUT2D eigenvalue weighted by Crippen LogP contribution is 2.22. The number of aromatic nitrogens is 1. The maximum atomic E-state index is 13.0. The number of nitrogens with one attached hydrogen (secondary N) is 1. The van der Waals surface area contributed by atoms with E-state index in [-0.39, 0.29) is 4.90 Å². The molecule has 0 aliphatic rings. The second-order valence-electron chi connectivity index (χ2n) is 5.40. The van der Waals surface area contributed by atoms with Crippen molar-refractivity contribution in [1.82, 2.24) is 4.98 Å². The molecule has 2 rings (SSSR count). The molecule has 1 aromatic heterocycles. The minimum atomic E-state index is -3.92. The van der Waals surface area contributed by atoms with Gasteiger partial charge in [0.2, 0.25) is 5.91 Å². The van der Waals surface area contributed by atoms with Crippen LogP contribution in [0.1, 0.15) is 6.92 Å². The predicted octanol–water partition coefficient (Wildman–Crippen LogP) is 2.09. The molecule has 2 aromatic rings. The largest absolute Gasteiger partial charge is 0.361 e. The Balaban J connectivity index is 2.25. The van der Waals surface area contributed by atoms with Crippen LogP contribution < -0.4 is 10.2 Å². The van der Waals surface area contributed by atoms with Gasteiger partial charge in [-0.25, -0.2) is 17.8 Å². The number of anilines is 2. The minimum Gasteiger partial charge on any atom is -0.361 e. The van der Waals surface area contributed by atoms with E-state index in [0.29, 0.717) is 11.5 Å². The van der Waals surface area contributed by atoms with Gasteiger partial charge >= 0.3 is 0 Å². The Morgan fingerprint density at radius 3 is 2.42 bits per heavy atom. The van der Waals surface area contributed by atoms with Crippen LogP contribution in [-0.2, 0) is 14.6 Å². The van der Waals surface area contributed by atoms with Crippen molar-refractivity contribution in [3.63, 3.8) is 0 Å². The standard InChI is InChI=1S/C16H18FN3O3S/c1-11(24(22,23)13-8-6-12(17)7-9-13)16(21)19-14-5-4-10-18-15(14)20(2)3/h4-11H,1-3H3,(H,19,21). The molecule has 1 aromatic carbocycles. The summed E-state index contributed by atoms with van der Waals surface area (Å²) in [5.74, 6) is -0.718. The maximum absolute atomic E-state index is 13.0. The van der Waals surface area contributed by atoms with Gasteiger partial charge in [0, 0.05) is 20.3 Å². The molecule has 1 amide bonds. The van der Waals surface area contributed by atoms with E-state index >= 15 is 0 Å². The molecule has 1 unspecified atom stereocenters. The first-order valence-electron chi connectivity index (χ1n) is 7.16. The van der Waals surface area contributed by atoms with Crippen molar-refractivity contribution in [1.29, 1.82) is 0 Å². The molecular formula is C16H18FN3O3S. The first kappa shape index (κ1) is 17.9. The van der Waals surface area contributed by atoms with Crippen molar-refractivity contribution >= 4 is 27.2 Å². The first-order chi connectivity index (χ1) is 11.2. The monoisotopic (exact) mass is 351 g/mol. The van der Waals surface area contributed by atoms with E-state index < -0.39 is 26.8 Å². The summed E-state index contributed by atoms with van der Waals surface area (Å²) in [5.41, 5.74) is 0.411. The number of sulfone groups is 1. The molecule has 0 spiro atoms. The number of benzene rings is 1. The van der Waals surface area contributed by atoms with E-state index in [1.54, 1.807) is 37.3 Å². The van der Waals surface area contributed by atoms with Gasteiger partial charge in [-0.3, -0.25) is 4.79 Å². The Hall–Kier alpha value is -2.48. The highest BCUT2D eigenvalue weighted by molar-refractivity contribution is 7.92. The van der Waals surface area contributed by atoms with Crippen LogP contribution in [0.15, 0.2) is 47.5 Å². The lowest BCUT2D eigenvalue weighted by atomic mass is 10.3. The van der Waals surface area contributed by atoms with Crippen LogP contribution in [0.5, 0.6) is 0 Å². The molecule has 8 heteroatoms. The summed E-state index contributed by atoms with van der Waals surface area (Å²) in [6.07, 6.45) is 1.57. The van der Waals surface area contributed by atoms with Crippen molar-refractivity contribution in [2.45, 2.75) is 17.1 Å². The summed E-state index contributed by atoms with van der Waals surface area (Å²) in [5, 5.41) is 1.25. The maximum Gasteiger partial charge on any atom is 0.242 e. The number of halogens is 1. The van der Waals surface area contributed by atoms with Gasteiger partial charge in [-0.2, -0.15) is 0 Å². The Morgan fingerprint density at radius 1 is 1.21 bits per heavy atom. The molecule has 0 bridgehead atoms. The minimum absolute atomic E-state index is 0.106. The molecule has 1 N–H and O–H groups in total. The zero-order chi connectivity index (χ0) is 17.9. The zero-order valence-electron chi connectivity index (χ0n) is 13.5. The van der Waals surface area contributed by atoms with E-state index in [2.05, 4.69) is 10.3 Å². The van der Waals surface area contributed by atoms with E-state index in [1.165, 1.54) is 6.92 Å². The Kier molecular flexibility index (Phi) is 5.18. The molecule has 1 atom stereocenters. The van der Waals surface area contributed by atoms with Gasteiger partial charge in [-0.15, -0.1) is 0 Å². The first-order valence-corrected chi connectivity index (χ1v) is 8.71.